The van der Waals surface area contributed by atoms with Gasteiger partial charge >= 0.3 is 0 Å². The van der Waals surface area contributed by atoms with Gasteiger partial charge in [-0.15, -0.1) is 0 Å². The first-order chi connectivity index (χ1) is 6.98. The monoisotopic (exact) mass is 270 g/mol. The lowest BCUT2D eigenvalue weighted by Crippen LogP contribution is -2.31. The van der Waals surface area contributed by atoms with E-state index in [-0.39, 0.29) is 11.7 Å². The second kappa shape index (κ2) is 3.30. The minimum Gasteiger partial charge on any atom is -0.306 e. The van der Waals surface area contributed by atoms with Gasteiger partial charge < -0.3 is 4.90 Å². The Balaban J connectivity index is 2.65. The van der Waals surface area contributed by atoms with Crippen LogP contribution in [-0.2, 0) is 9.12 Å². The Hall–Kier alpha value is -0.900. The molecule has 1 radical (unpaired) electrons. The van der Waals surface area contributed by atoms with E-state index in [9.17, 15) is 9.18 Å². The van der Waals surface area contributed by atoms with Crippen molar-refractivity contribution in [1.82, 2.24) is 0 Å². The van der Waals surface area contributed by atoms with Crippen molar-refractivity contribution in [3.63, 3.8) is 0 Å². The molecule has 1 aromatic carbocycles. The summed E-state index contributed by atoms with van der Waals surface area (Å²) >= 11 is 3.34. The largest absolute Gasteiger partial charge is 0.306 e. The van der Waals surface area contributed by atoms with Gasteiger partial charge in [-0.2, -0.15) is 0 Å². The molecule has 1 amide bonds. The fraction of sp³-hybridized carbons (Fsp3) is 0.273. The van der Waals surface area contributed by atoms with E-state index in [1.54, 1.807) is 26.5 Å². The average Bonchev–Trinajstić information content (AvgIpc) is 2.37. The predicted molar refractivity (Wildman–Crippen MR) is 60.1 cm³/mol. The maximum absolute atomic E-state index is 13.1. The van der Waals surface area contributed by atoms with Crippen molar-refractivity contribution in [3.8, 4) is 0 Å². The van der Waals surface area contributed by atoms with Crippen LogP contribution in [0.2, 0.25) is 0 Å². The van der Waals surface area contributed by atoms with Gasteiger partial charge in [-0.1, -0.05) is 15.9 Å². The Morgan fingerprint density at radius 3 is 2.80 bits per heavy atom. The normalized spacial score (nSPS) is 24.5. The number of rotatable bonds is 1. The van der Waals surface area contributed by atoms with Gasteiger partial charge in [0.1, 0.15) is 10.1 Å². The topological polar surface area (TPSA) is 20.3 Å². The van der Waals surface area contributed by atoms with Crippen molar-refractivity contribution >= 4 is 27.5 Å². The Bertz CT molecular complexity index is 431. The number of carbonyl (C=O) groups is 1. The molecular formula is C11H10BrFNO. The number of carbonyl (C=O) groups excluding carboxylic acids is 1. The maximum Gasteiger partial charge on any atom is 0.248 e. The fourth-order valence-electron chi connectivity index (χ4n) is 1.80. The standard InChI is InChI=1S/C11H10BrFNO/c1-3-14-9-5-4-7(13)6-8(9)11(2,12)10(14)15/h3-6H,1-2H3. The molecule has 0 fully saturated rings. The zero-order valence-electron chi connectivity index (χ0n) is 8.42. The second-order valence-corrected chi connectivity index (χ2v) is 5.18. The molecule has 79 valence electrons. The number of nitrogens with zero attached hydrogens (tertiary/aromatic N) is 1. The van der Waals surface area contributed by atoms with Crippen LogP contribution in [0.25, 0.3) is 0 Å². The third kappa shape index (κ3) is 1.39. The molecule has 2 rings (SSSR count). The molecule has 0 N–H and O–H groups in total. The first kappa shape index (κ1) is 10.6. The molecule has 1 heterocycles. The molecule has 0 spiro atoms. The highest BCUT2D eigenvalue weighted by Gasteiger charge is 2.45. The summed E-state index contributed by atoms with van der Waals surface area (Å²) in [4.78, 5) is 13.5. The third-order valence-electron chi connectivity index (χ3n) is 2.60. The molecule has 15 heavy (non-hydrogen) atoms. The molecule has 1 aromatic rings. The maximum atomic E-state index is 13.1. The van der Waals surface area contributed by atoms with E-state index in [0.717, 1.165) is 5.69 Å². The van der Waals surface area contributed by atoms with Gasteiger partial charge in [0.25, 0.3) is 0 Å². The van der Waals surface area contributed by atoms with Crippen LogP contribution < -0.4 is 4.90 Å². The van der Waals surface area contributed by atoms with E-state index in [1.165, 1.54) is 17.0 Å². The van der Waals surface area contributed by atoms with Crippen molar-refractivity contribution in [1.29, 1.82) is 0 Å². The van der Waals surface area contributed by atoms with Crippen LogP contribution in [0.1, 0.15) is 19.4 Å². The third-order valence-corrected chi connectivity index (χ3v) is 3.37. The molecule has 0 saturated heterocycles. The van der Waals surface area contributed by atoms with Crippen LogP contribution in [0.4, 0.5) is 10.1 Å². The summed E-state index contributed by atoms with van der Waals surface area (Å²) in [6.07, 6.45) is 0. The highest BCUT2D eigenvalue weighted by molar-refractivity contribution is 9.10. The Labute approximate surface area is 96.2 Å². The van der Waals surface area contributed by atoms with Gasteiger partial charge in [-0.05, 0) is 32.0 Å². The van der Waals surface area contributed by atoms with Crippen LogP contribution >= 0.6 is 15.9 Å². The van der Waals surface area contributed by atoms with E-state index < -0.39 is 4.32 Å². The molecule has 0 bridgehead atoms. The van der Waals surface area contributed by atoms with Crippen molar-refractivity contribution in [2.45, 2.75) is 18.2 Å². The van der Waals surface area contributed by atoms with E-state index in [0.29, 0.717) is 5.56 Å². The number of alkyl halides is 1. The van der Waals surface area contributed by atoms with Crippen molar-refractivity contribution in [3.05, 3.63) is 36.1 Å². The van der Waals surface area contributed by atoms with E-state index in [4.69, 9.17) is 0 Å². The van der Waals surface area contributed by atoms with Gasteiger partial charge in [0.05, 0.1) is 6.54 Å². The van der Waals surface area contributed by atoms with Gasteiger partial charge in [-0.25, -0.2) is 4.39 Å². The quantitative estimate of drug-likeness (QED) is 0.719. The summed E-state index contributed by atoms with van der Waals surface area (Å²) in [6.45, 7) is 5.20. The second-order valence-electron chi connectivity index (χ2n) is 3.60. The lowest BCUT2D eigenvalue weighted by atomic mass is 10.0. The van der Waals surface area contributed by atoms with E-state index >= 15 is 0 Å². The molecular weight excluding hydrogens is 261 g/mol. The fourth-order valence-corrected chi connectivity index (χ4v) is 2.31. The lowest BCUT2D eigenvalue weighted by Gasteiger charge is -2.16. The Kier molecular flexibility index (Phi) is 2.34. The molecule has 1 atom stereocenters. The molecule has 0 aromatic heterocycles. The molecule has 0 saturated carbocycles. The number of hydrogen-bond acceptors (Lipinski definition) is 1. The first-order valence-electron chi connectivity index (χ1n) is 4.60. The molecule has 1 aliphatic rings. The first-order valence-corrected chi connectivity index (χ1v) is 5.40. The lowest BCUT2D eigenvalue weighted by molar-refractivity contribution is -0.119. The highest BCUT2D eigenvalue weighted by atomic mass is 79.9. The number of anilines is 1. The van der Waals surface area contributed by atoms with Crippen molar-refractivity contribution < 1.29 is 9.18 Å². The SMILES string of the molecule is C[CH]N1C(=O)C(C)(Br)c2cc(F)ccc21. The summed E-state index contributed by atoms with van der Waals surface area (Å²) in [5, 5.41) is 0. The summed E-state index contributed by atoms with van der Waals surface area (Å²) in [7, 11) is 0. The van der Waals surface area contributed by atoms with Gasteiger partial charge in [0.2, 0.25) is 5.91 Å². The number of hydrogen-bond donors (Lipinski definition) is 0. The predicted octanol–water partition coefficient (Wildman–Crippen LogP) is 2.96. The van der Waals surface area contributed by atoms with Crippen LogP contribution in [-0.4, -0.2) is 5.91 Å². The Morgan fingerprint density at radius 1 is 1.53 bits per heavy atom. The minimum atomic E-state index is -0.822. The molecule has 1 unspecified atom stereocenters. The summed E-state index contributed by atoms with van der Waals surface area (Å²) < 4.78 is 12.3. The minimum absolute atomic E-state index is 0.0920. The average molecular weight is 271 g/mol. The number of fused-ring (bicyclic) bond motifs is 1. The van der Waals surface area contributed by atoms with Gasteiger partial charge in [0, 0.05) is 11.3 Å². The highest BCUT2D eigenvalue weighted by Crippen LogP contribution is 2.46. The van der Waals surface area contributed by atoms with E-state index in [1.807, 2.05) is 0 Å². The van der Waals surface area contributed by atoms with Crippen LogP contribution in [0.5, 0.6) is 0 Å². The van der Waals surface area contributed by atoms with Crippen LogP contribution in [0.3, 0.4) is 0 Å². The van der Waals surface area contributed by atoms with Gasteiger partial charge in [0.15, 0.2) is 0 Å². The van der Waals surface area contributed by atoms with Gasteiger partial charge in [-0.3, -0.25) is 4.79 Å². The Morgan fingerprint density at radius 2 is 2.20 bits per heavy atom. The van der Waals surface area contributed by atoms with Crippen molar-refractivity contribution in [2.75, 3.05) is 4.90 Å². The molecule has 4 heteroatoms. The zero-order chi connectivity index (χ0) is 11.2. The van der Waals surface area contributed by atoms with Crippen LogP contribution in [0.15, 0.2) is 18.2 Å². The zero-order valence-corrected chi connectivity index (χ0v) is 10.0. The summed E-state index contributed by atoms with van der Waals surface area (Å²) in [5.74, 6) is -0.421. The number of benzene rings is 1. The molecule has 0 aliphatic carbocycles. The summed E-state index contributed by atoms with van der Waals surface area (Å²) in [5.41, 5.74) is 1.41. The number of amides is 1. The summed E-state index contributed by atoms with van der Waals surface area (Å²) in [6, 6.07) is 4.37. The molecule has 2 nitrogen and oxygen atoms in total. The molecule has 1 aliphatic heterocycles. The van der Waals surface area contributed by atoms with Crippen LogP contribution in [0, 0.1) is 12.4 Å². The number of halogens is 2. The van der Waals surface area contributed by atoms with Crippen molar-refractivity contribution in [2.24, 2.45) is 0 Å². The van der Waals surface area contributed by atoms with E-state index in [2.05, 4.69) is 15.9 Å². The smallest absolute Gasteiger partial charge is 0.248 e.